The highest BCUT2D eigenvalue weighted by molar-refractivity contribution is 6.06. The van der Waals surface area contributed by atoms with E-state index >= 15 is 0 Å². The topological polar surface area (TPSA) is 55.6 Å². The molecule has 0 bridgehead atoms. The molecule has 5 heteroatoms. The predicted molar refractivity (Wildman–Crippen MR) is 107 cm³/mol. The fourth-order valence-corrected chi connectivity index (χ4v) is 4.44. The molecule has 142 valence electrons. The summed E-state index contributed by atoms with van der Waals surface area (Å²) in [5.41, 5.74) is 4.35. The van der Waals surface area contributed by atoms with Crippen LogP contribution in [0.1, 0.15) is 34.7 Å². The maximum atomic E-state index is 13.2. The minimum atomic E-state index is -0.0770. The lowest BCUT2D eigenvalue weighted by molar-refractivity contribution is 0.0546. The van der Waals surface area contributed by atoms with Gasteiger partial charge in [0, 0.05) is 43.3 Å². The molecule has 0 unspecified atom stereocenters. The Morgan fingerprint density at radius 2 is 1.96 bits per heavy atom. The van der Waals surface area contributed by atoms with E-state index in [1.807, 2.05) is 30.2 Å². The highest BCUT2D eigenvalue weighted by atomic mass is 16.5. The molecule has 0 radical (unpaired) electrons. The molecule has 28 heavy (non-hydrogen) atoms. The van der Waals surface area contributed by atoms with E-state index in [2.05, 4.69) is 29.2 Å². The van der Waals surface area contributed by atoms with Gasteiger partial charge < -0.3 is 14.1 Å². The lowest BCUT2D eigenvalue weighted by Crippen LogP contribution is -2.40. The summed E-state index contributed by atoms with van der Waals surface area (Å²) in [6, 6.07) is 14.0. The first-order chi connectivity index (χ1) is 13.7. The van der Waals surface area contributed by atoms with Crippen molar-refractivity contribution in [2.24, 2.45) is 0 Å². The van der Waals surface area contributed by atoms with Gasteiger partial charge in [0.05, 0.1) is 0 Å². The van der Waals surface area contributed by atoms with Gasteiger partial charge in [-0.05, 0) is 66.8 Å². The van der Waals surface area contributed by atoms with E-state index in [1.54, 1.807) is 12.3 Å². The number of benzene rings is 1. The van der Waals surface area contributed by atoms with Crippen molar-refractivity contribution >= 4 is 11.6 Å². The van der Waals surface area contributed by atoms with E-state index < -0.39 is 0 Å². The molecule has 1 spiro atoms. The van der Waals surface area contributed by atoms with Crippen molar-refractivity contribution in [3.63, 3.8) is 0 Å². The molecule has 3 aromatic rings. The molecule has 0 N–H and O–H groups in total. The fourth-order valence-electron chi connectivity index (χ4n) is 4.44. The Hall–Kier alpha value is -2.92. The van der Waals surface area contributed by atoms with Crippen molar-refractivity contribution in [3.05, 3.63) is 71.9 Å². The summed E-state index contributed by atoms with van der Waals surface area (Å²) in [5, 5.41) is 0. The number of amides is 1. The van der Waals surface area contributed by atoms with Gasteiger partial charge in [-0.1, -0.05) is 12.1 Å². The summed E-state index contributed by atoms with van der Waals surface area (Å²) in [6.07, 6.45) is 5.49. The number of aromatic nitrogens is 1. The molecule has 4 heterocycles. The summed E-state index contributed by atoms with van der Waals surface area (Å²) < 4.78 is 11.3. The van der Waals surface area contributed by atoms with Crippen LogP contribution in [0.5, 0.6) is 0 Å². The van der Waals surface area contributed by atoms with Crippen LogP contribution < -0.4 is 4.90 Å². The molecule has 0 atom stereocenters. The van der Waals surface area contributed by atoms with Crippen molar-refractivity contribution in [1.29, 1.82) is 0 Å². The van der Waals surface area contributed by atoms with Crippen LogP contribution in [0.15, 0.2) is 59.3 Å². The van der Waals surface area contributed by atoms with Crippen molar-refractivity contribution in [1.82, 2.24) is 4.98 Å². The number of hydrogen-bond donors (Lipinski definition) is 0. The number of furan rings is 1. The Balaban J connectivity index is 1.60. The van der Waals surface area contributed by atoms with Crippen LogP contribution in [0.3, 0.4) is 0 Å². The highest BCUT2D eigenvalue weighted by Crippen LogP contribution is 2.48. The number of carbonyl (C=O) groups excluding carboxylic acids is 1. The Morgan fingerprint density at radius 1 is 1.11 bits per heavy atom. The molecule has 1 fully saturated rings. The van der Waals surface area contributed by atoms with Gasteiger partial charge in [-0.25, -0.2) is 0 Å². The zero-order valence-electron chi connectivity index (χ0n) is 15.9. The van der Waals surface area contributed by atoms with Gasteiger partial charge in [-0.2, -0.15) is 0 Å². The van der Waals surface area contributed by atoms with Crippen LogP contribution in [0.25, 0.3) is 11.1 Å². The minimum absolute atomic E-state index is 0.0664. The summed E-state index contributed by atoms with van der Waals surface area (Å²) in [6.45, 7) is 3.96. The number of ether oxygens (including phenoxy) is 1. The van der Waals surface area contributed by atoms with Crippen molar-refractivity contribution < 1.29 is 13.9 Å². The third-order valence-electron chi connectivity index (χ3n) is 5.96. The summed E-state index contributed by atoms with van der Waals surface area (Å²) in [5.74, 6) is 1.06. The standard InChI is InChI=1S/C23H22N2O3/c1-16-4-7-21(28-16)22(26)25-15-23(8-11-27-12-9-23)19-13-17(5-6-20(19)25)18-3-2-10-24-14-18/h2-7,10,13-14H,8-9,11-12,15H2,1H3. The zero-order chi connectivity index (χ0) is 19.1. The van der Waals surface area contributed by atoms with E-state index in [4.69, 9.17) is 9.15 Å². The molecular weight excluding hydrogens is 352 g/mol. The third-order valence-corrected chi connectivity index (χ3v) is 5.96. The van der Waals surface area contributed by atoms with E-state index in [0.29, 0.717) is 12.3 Å². The number of anilines is 1. The first kappa shape index (κ1) is 17.2. The van der Waals surface area contributed by atoms with Crippen LogP contribution in [0.4, 0.5) is 5.69 Å². The molecule has 5 nitrogen and oxygen atoms in total. The van der Waals surface area contributed by atoms with E-state index in [-0.39, 0.29) is 11.3 Å². The summed E-state index contributed by atoms with van der Waals surface area (Å²) in [7, 11) is 0. The second kappa shape index (κ2) is 6.60. The van der Waals surface area contributed by atoms with Crippen LogP contribution in [0.2, 0.25) is 0 Å². The van der Waals surface area contributed by atoms with Gasteiger partial charge in [0.1, 0.15) is 5.76 Å². The normalized spacial score (nSPS) is 17.7. The zero-order valence-corrected chi connectivity index (χ0v) is 15.9. The number of carbonyl (C=O) groups is 1. The maximum Gasteiger partial charge on any atom is 0.294 e. The second-order valence-electron chi connectivity index (χ2n) is 7.67. The van der Waals surface area contributed by atoms with Crippen molar-refractivity contribution in [2.75, 3.05) is 24.7 Å². The first-order valence-electron chi connectivity index (χ1n) is 9.67. The number of nitrogens with zero attached hydrogens (tertiary/aromatic N) is 2. The summed E-state index contributed by atoms with van der Waals surface area (Å²) in [4.78, 5) is 19.3. The third kappa shape index (κ3) is 2.74. The van der Waals surface area contributed by atoms with E-state index in [1.165, 1.54) is 5.56 Å². The molecule has 1 saturated heterocycles. The molecule has 0 aliphatic carbocycles. The molecular formula is C23H22N2O3. The largest absolute Gasteiger partial charge is 0.456 e. The van der Waals surface area contributed by atoms with Gasteiger partial charge in [0.2, 0.25) is 0 Å². The highest BCUT2D eigenvalue weighted by Gasteiger charge is 2.46. The van der Waals surface area contributed by atoms with Crippen molar-refractivity contribution in [2.45, 2.75) is 25.2 Å². The van der Waals surface area contributed by atoms with Gasteiger partial charge in [-0.15, -0.1) is 0 Å². The number of pyridine rings is 1. The lowest BCUT2D eigenvalue weighted by Gasteiger charge is -2.34. The van der Waals surface area contributed by atoms with E-state index in [0.717, 1.165) is 48.6 Å². The number of fused-ring (bicyclic) bond motifs is 2. The Labute approximate surface area is 164 Å². The predicted octanol–water partition coefficient (Wildman–Crippen LogP) is 4.36. The fraction of sp³-hybridized carbons (Fsp3) is 0.304. The second-order valence-corrected chi connectivity index (χ2v) is 7.67. The van der Waals surface area contributed by atoms with Gasteiger partial charge in [0.15, 0.2) is 5.76 Å². The first-order valence-corrected chi connectivity index (χ1v) is 9.67. The minimum Gasteiger partial charge on any atom is -0.456 e. The Kier molecular flexibility index (Phi) is 4.05. The molecule has 2 aromatic heterocycles. The monoisotopic (exact) mass is 374 g/mol. The smallest absolute Gasteiger partial charge is 0.294 e. The van der Waals surface area contributed by atoms with Gasteiger partial charge in [-0.3, -0.25) is 9.78 Å². The number of aryl methyl sites for hydroxylation is 1. The number of rotatable bonds is 2. The average Bonchev–Trinajstić information content (AvgIpc) is 3.31. The molecule has 2 aliphatic heterocycles. The molecule has 0 saturated carbocycles. The van der Waals surface area contributed by atoms with Gasteiger partial charge in [0.25, 0.3) is 5.91 Å². The Morgan fingerprint density at radius 3 is 2.68 bits per heavy atom. The lowest BCUT2D eigenvalue weighted by atomic mass is 9.75. The maximum absolute atomic E-state index is 13.2. The summed E-state index contributed by atoms with van der Waals surface area (Å²) >= 11 is 0. The SMILES string of the molecule is Cc1ccc(C(=O)N2CC3(CCOCC3)c3cc(-c4cccnc4)ccc32)o1. The average molecular weight is 374 g/mol. The Bertz CT molecular complexity index is 1020. The van der Waals surface area contributed by atoms with Crippen LogP contribution in [-0.2, 0) is 10.2 Å². The quantitative estimate of drug-likeness (QED) is 0.669. The number of hydrogen-bond acceptors (Lipinski definition) is 4. The van der Waals surface area contributed by atoms with E-state index in [9.17, 15) is 4.79 Å². The molecule has 1 amide bonds. The molecule has 5 rings (SSSR count). The van der Waals surface area contributed by atoms with Gasteiger partial charge >= 0.3 is 0 Å². The van der Waals surface area contributed by atoms with Crippen LogP contribution in [-0.4, -0.2) is 30.6 Å². The van der Waals surface area contributed by atoms with Crippen molar-refractivity contribution in [3.8, 4) is 11.1 Å². The molecule has 2 aliphatic rings. The van der Waals surface area contributed by atoms with Crippen LogP contribution in [0, 0.1) is 6.92 Å². The molecule has 1 aromatic carbocycles. The van der Waals surface area contributed by atoms with Crippen LogP contribution >= 0.6 is 0 Å².